The molecule has 0 aliphatic carbocycles. The van der Waals surface area contributed by atoms with Crippen LogP contribution in [-0.2, 0) is 11.2 Å². The maximum absolute atomic E-state index is 12.2. The lowest BCUT2D eigenvalue weighted by Gasteiger charge is -2.36. The fourth-order valence-corrected chi connectivity index (χ4v) is 2.67. The molecule has 1 aliphatic rings. The van der Waals surface area contributed by atoms with Crippen LogP contribution in [0.4, 0.5) is 5.69 Å². The molecule has 5 nitrogen and oxygen atoms in total. The first-order valence-corrected chi connectivity index (χ1v) is 7.38. The first-order valence-electron chi connectivity index (χ1n) is 7.38. The lowest BCUT2D eigenvalue weighted by atomic mass is 10.2. The van der Waals surface area contributed by atoms with Crippen LogP contribution in [0.25, 0.3) is 0 Å². The predicted molar refractivity (Wildman–Crippen MR) is 82.1 cm³/mol. The number of piperazine rings is 1. The Kier molecular flexibility index (Phi) is 4.19. The maximum atomic E-state index is 12.2. The Morgan fingerprint density at radius 3 is 2.57 bits per heavy atom. The van der Waals surface area contributed by atoms with Gasteiger partial charge in [-0.2, -0.15) is 0 Å². The van der Waals surface area contributed by atoms with Gasteiger partial charge in [0.1, 0.15) is 0 Å². The van der Waals surface area contributed by atoms with Gasteiger partial charge in [-0.1, -0.05) is 18.2 Å². The van der Waals surface area contributed by atoms with Gasteiger partial charge in [0.15, 0.2) is 0 Å². The minimum Gasteiger partial charge on any atom is -0.368 e. The van der Waals surface area contributed by atoms with E-state index in [0.717, 1.165) is 38.3 Å². The van der Waals surface area contributed by atoms with E-state index in [2.05, 4.69) is 39.1 Å². The number of benzene rings is 1. The zero-order valence-corrected chi connectivity index (χ0v) is 12.0. The van der Waals surface area contributed by atoms with Crippen molar-refractivity contribution in [2.75, 3.05) is 31.1 Å². The van der Waals surface area contributed by atoms with Crippen molar-refractivity contribution in [1.29, 1.82) is 0 Å². The number of aryl methyl sites for hydroxylation is 1. The van der Waals surface area contributed by atoms with Crippen molar-refractivity contribution in [1.82, 2.24) is 14.9 Å². The molecular weight excluding hydrogens is 264 g/mol. The summed E-state index contributed by atoms with van der Waals surface area (Å²) in [4.78, 5) is 23.5. The lowest BCUT2D eigenvalue weighted by molar-refractivity contribution is -0.131. The molecule has 2 heterocycles. The van der Waals surface area contributed by atoms with E-state index in [4.69, 9.17) is 0 Å². The van der Waals surface area contributed by atoms with Crippen LogP contribution in [0.1, 0.15) is 12.1 Å². The fourth-order valence-electron chi connectivity index (χ4n) is 2.67. The molecule has 1 N–H and O–H groups in total. The second-order valence-corrected chi connectivity index (χ2v) is 5.28. The molecule has 0 radical (unpaired) electrons. The topological polar surface area (TPSA) is 52.2 Å². The van der Waals surface area contributed by atoms with E-state index in [1.54, 1.807) is 12.5 Å². The maximum Gasteiger partial charge on any atom is 0.223 e. The highest BCUT2D eigenvalue weighted by Crippen LogP contribution is 2.16. The van der Waals surface area contributed by atoms with E-state index < -0.39 is 0 Å². The van der Waals surface area contributed by atoms with Crippen molar-refractivity contribution in [2.24, 2.45) is 0 Å². The van der Waals surface area contributed by atoms with Crippen molar-refractivity contribution >= 4 is 11.6 Å². The van der Waals surface area contributed by atoms with Crippen LogP contribution < -0.4 is 4.90 Å². The summed E-state index contributed by atoms with van der Waals surface area (Å²) in [6.07, 6.45) is 4.71. The Balaban J connectivity index is 1.48. The molecule has 3 rings (SSSR count). The zero-order chi connectivity index (χ0) is 14.5. The second-order valence-electron chi connectivity index (χ2n) is 5.28. The molecule has 1 aromatic heterocycles. The van der Waals surface area contributed by atoms with Crippen molar-refractivity contribution < 1.29 is 4.79 Å². The van der Waals surface area contributed by atoms with Gasteiger partial charge in [-0.25, -0.2) is 4.98 Å². The lowest BCUT2D eigenvalue weighted by Crippen LogP contribution is -2.48. The van der Waals surface area contributed by atoms with Gasteiger partial charge in [0.25, 0.3) is 0 Å². The summed E-state index contributed by atoms with van der Waals surface area (Å²) in [5.74, 6) is 0.234. The Bertz CT molecular complexity index is 559. The summed E-state index contributed by atoms with van der Waals surface area (Å²) in [5.41, 5.74) is 2.26. The van der Waals surface area contributed by atoms with E-state index in [1.807, 2.05) is 11.0 Å². The number of carbonyl (C=O) groups excluding carboxylic acids is 1. The first-order chi connectivity index (χ1) is 10.3. The van der Waals surface area contributed by atoms with Crippen LogP contribution in [0.5, 0.6) is 0 Å². The van der Waals surface area contributed by atoms with E-state index >= 15 is 0 Å². The summed E-state index contributed by atoms with van der Waals surface area (Å²) in [7, 11) is 0. The molecule has 0 saturated carbocycles. The Morgan fingerprint density at radius 1 is 1.14 bits per heavy atom. The third-order valence-corrected chi connectivity index (χ3v) is 3.92. The molecule has 1 amide bonds. The van der Waals surface area contributed by atoms with Gasteiger partial charge in [0.2, 0.25) is 5.91 Å². The monoisotopic (exact) mass is 284 g/mol. The van der Waals surface area contributed by atoms with Crippen LogP contribution in [0, 0.1) is 0 Å². The highest BCUT2D eigenvalue weighted by Gasteiger charge is 2.20. The minimum atomic E-state index is 0.234. The average Bonchev–Trinajstić information content (AvgIpc) is 3.07. The van der Waals surface area contributed by atoms with Gasteiger partial charge >= 0.3 is 0 Å². The number of nitrogens with zero attached hydrogens (tertiary/aromatic N) is 3. The number of para-hydroxylation sites is 1. The number of hydrogen-bond acceptors (Lipinski definition) is 3. The number of rotatable bonds is 4. The number of amides is 1. The summed E-state index contributed by atoms with van der Waals surface area (Å²) >= 11 is 0. The standard InChI is InChI=1S/C16H20N4O/c21-16(7-6-14-12-17-13-18-14)20-10-8-19(9-11-20)15-4-2-1-3-5-15/h1-5,12-13H,6-11H2,(H,17,18). The molecule has 2 aromatic rings. The SMILES string of the molecule is O=C(CCc1cnc[nH]1)N1CCN(c2ccccc2)CC1. The predicted octanol–water partition coefficient (Wildman–Crippen LogP) is 1.69. The number of H-pyrrole nitrogens is 1. The Labute approximate surface area is 124 Å². The highest BCUT2D eigenvalue weighted by atomic mass is 16.2. The smallest absolute Gasteiger partial charge is 0.223 e. The van der Waals surface area contributed by atoms with Crippen LogP contribution >= 0.6 is 0 Å². The van der Waals surface area contributed by atoms with Crippen molar-refractivity contribution in [3.63, 3.8) is 0 Å². The molecule has 1 fully saturated rings. The number of carbonyl (C=O) groups is 1. The number of imidazole rings is 1. The third-order valence-electron chi connectivity index (χ3n) is 3.92. The van der Waals surface area contributed by atoms with Crippen molar-refractivity contribution in [3.8, 4) is 0 Å². The van der Waals surface area contributed by atoms with Crippen molar-refractivity contribution in [2.45, 2.75) is 12.8 Å². The molecule has 110 valence electrons. The molecule has 21 heavy (non-hydrogen) atoms. The average molecular weight is 284 g/mol. The van der Waals surface area contributed by atoms with E-state index in [9.17, 15) is 4.79 Å². The van der Waals surface area contributed by atoms with Gasteiger partial charge in [-0.3, -0.25) is 4.79 Å². The molecule has 0 atom stereocenters. The summed E-state index contributed by atoms with van der Waals surface area (Å²) in [6, 6.07) is 10.4. The van der Waals surface area contributed by atoms with E-state index in [-0.39, 0.29) is 5.91 Å². The third kappa shape index (κ3) is 3.42. The van der Waals surface area contributed by atoms with Crippen LogP contribution in [0.2, 0.25) is 0 Å². The van der Waals surface area contributed by atoms with Gasteiger partial charge in [0, 0.05) is 50.2 Å². The molecular formula is C16H20N4O. The van der Waals surface area contributed by atoms with Crippen molar-refractivity contribution in [3.05, 3.63) is 48.5 Å². The largest absolute Gasteiger partial charge is 0.368 e. The molecule has 1 saturated heterocycles. The number of aromatic nitrogens is 2. The van der Waals surface area contributed by atoms with E-state index in [0.29, 0.717) is 6.42 Å². The summed E-state index contributed by atoms with van der Waals surface area (Å²) in [6.45, 7) is 3.41. The normalized spacial score (nSPS) is 15.2. The Hall–Kier alpha value is -2.30. The summed E-state index contributed by atoms with van der Waals surface area (Å²) < 4.78 is 0. The molecule has 0 bridgehead atoms. The Morgan fingerprint density at radius 2 is 1.90 bits per heavy atom. The van der Waals surface area contributed by atoms with Gasteiger partial charge in [-0.15, -0.1) is 0 Å². The van der Waals surface area contributed by atoms with Crippen LogP contribution in [-0.4, -0.2) is 47.0 Å². The molecule has 1 aliphatic heterocycles. The highest BCUT2D eigenvalue weighted by molar-refractivity contribution is 5.76. The van der Waals surface area contributed by atoms with Crippen LogP contribution in [0.15, 0.2) is 42.9 Å². The second kappa shape index (κ2) is 6.43. The zero-order valence-electron chi connectivity index (χ0n) is 12.0. The van der Waals surface area contributed by atoms with Crippen LogP contribution in [0.3, 0.4) is 0 Å². The molecule has 5 heteroatoms. The van der Waals surface area contributed by atoms with Gasteiger partial charge in [0.05, 0.1) is 6.33 Å². The van der Waals surface area contributed by atoms with Gasteiger partial charge in [-0.05, 0) is 18.6 Å². The number of aromatic amines is 1. The minimum absolute atomic E-state index is 0.234. The molecule has 1 aromatic carbocycles. The van der Waals surface area contributed by atoms with Gasteiger partial charge < -0.3 is 14.8 Å². The summed E-state index contributed by atoms with van der Waals surface area (Å²) in [5, 5.41) is 0. The first kappa shape index (κ1) is 13.7. The fraction of sp³-hybridized carbons (Fsp3) is 0.375. The van der Waals surface area contributed by atoms with E-state index in [1.165, 1.54) is 5.69 Å². The quantitative estimate of drug-likeness (QED) is 0.929. The molecule has 0 unspecified atom stereocenters. The number of nitrogens with one attached hydrogen (secondary N) is 1. The number of hydrogen-bond donors (Lipinski definition) is 1. The number of anilines is 1. The molecule has 0 spiro atoms.